The molecule has 3 aromatic carbocycles. The van der Waals surface area contributed by atoms with Crippen molar-refractivity contribution in [2.24, 2.45) is 0 Å². The molecule has 36 heavy (non-hydrogen) atoms. The zero-order chi connectivity index (χ0) is 26.5. The summed E-state index contributed by atoms with van der Waals surface area (Å²) in [6, 6.07) is 14.7. The van der Waals surface area contributed by atoms with Gasteiger partial charge in [-0.15, -0.1) is 0 Å². The van der Waals surface area contributed by atoms with Crippen molar-refractivity contribution >= 4 is 43.0 Å². The normalized spacial score (nSPS) is 11.4. The van der Waals surface area contributed by atoms with Crippen LogP contribution < -0.4 is 23.8 Å². The lowest BCUT2D eigenvalue weighted by Crippen LogP contribution is -2.37. The Morgan fingerprint density at radius 1 is 0.944 bits per heavy atom. The van der Waals surface area contributed by atoms with Crippen LogP contribution in [0.15, 0.2) is 71.6 Å². The number of halogens is 1. The summed E-state index contributed by atoms with van der Waals surface area (Å²) in [6.45, 7) is -0.610. The van der Waals surface area contributed by atoms with E-state index in [0.29, 0.717) is 5.75 Å². The minimum atomic E-state index is -4.00. The molecule has 0 atom stereocenters. The van der Waals surface area contributed by atoms with E-state index in [1.165, 1.54) is 62.8 Å². The smallest absolute Gasteiger partial charge is 0.262 e. The van der Waals surface area contributed by atoms with Gasteiger partial charge in [0.2, 0.25) is 15.9 Å². The first-order chi connectivity index (χ1) is 16.9. The maximum atomic E-state index is 13.6. The third-order valence-corrected chi connectivity index (χ3v) is 7.41. The van der Waals surface area contributed by atoms with E-state index >= 15 is 0 Å². The van der Waals surface area contributed by atoms with Gasteiger partial charge in [0.05, 0.1) is 36.7 Å². The van der Waals surface area contributed by atoms with Crippen LogP contribution in [0.25, 0.3) is 0 Å². The molecule has 10 nitrogen and oxygen atoms in total. The molecule has 0 aliphatic carbocycles. The van der Waals surface area contributed by atoms with Crippen molar-refractivity contribution in [2.75, 3.05) is 41.4 Å². The van der Waals surface area contributed by atoms with E-state index in [1.54, 1.807) is 6.07 Å². The molecule has 192 valence electrons. The lowest BCUT2D eigenvalue weighted by molar-refractivity contribution is -0.114. The quantitative estimate of drug-likeness (QED) is 0.406. The Kier molecular flexibility index (Phi) is 8.05. The summed E-state index contributed by atoms with van der Waals surface area (Å²) in [7, 11) is -5.02. The third-order valence-electron chi connectivity index (χ3n) is 4.89. The van der Waals surface area contributed by atoms with Crippen LogP contribution in [-0.4, -0.2) is 49.8 Å². The van der Waals surface area contributed by atoms with Gasteiger partial charge in [0, 0.05) is 11.8 Å². The van der Waals surface area contributed by atoms with E-state index in [4.69, 9.17) is 9.47 Å². The number of methoxy groups -OCH3 is 2. The Balaban J connectivity index is 1.73. The van der Waals surface area contributed by atoms with Gasteiger partial charge in [-0.25, -0.2) is 21.2 Å². The van der Waals surface area contributed by atoms with Crippen molar-refractivity contribution in [2.45, 2.75) is 4.90 Å². The lowest BCUT2D eigenvalue weighted by atomic mass is 10.3. The average Bonchev–Trinajstić information content (AvgIpc) is 2.82. The topological polar surface area (TPSA) is 131 Å². The second kappa shape index (κ2) is 10.8. The minimum Gasteiger partial charge on any atom is -0.497 e. The first kappa shape index (κ1) is 26.8. The highest BCUT2D eigenvalue weighted by molar-refractivity contribution is 7.92. The van der Waals surface area contributed by atoms with Gasteiger partial charge in [-0.1, -0.05) is 6.07 Å². The molecule has 0 fully saturated rings. The van der Waals surface area contributed by atoms with E-state index < -0.39 is 38.3 Å². The highest BCUT2D eigenvalue weighted by atomic mass is 32.2. The van der Waals surface area contributed by atoms with Crippen molar-refractivity contribution in [1.29, 1.82) is 0 Å². The fourth-order valence-electron chi connectivity index (χ4n) is 3.17. The number of carbonyl (C=O) groups excluding carboxylic acids is 1. The van der Waals surface area contributed by atoms with E-state index in [2.05, 4.69) is 10.0 Å². The van der Waals surface area contributed by atoms with Crippen molar-refractivity contribution < 1.29 is 35.5 Å². The number of amides is 1. The summed E-state index contributed by atoms with van der Waals surface area (Å²) in [4.78, 5) is 12.4. The van der Waals surface area contributed by atoms with E-state index in [9.17, 15) is 26.0 Å². The fraction of sp³-hybridized carbons (Fsp3) is 0.174. The lowest BCUT2D eigenvalue weighted by Gasteiger charge is -2.22. The monoisotopic (exact) mass is 537 g/mol. The number of hydrogen-bond acceptors (Lipinski definition) is 7. The van der Waals surface area contributed by atoms with Crippen LogP contribution in [0.3, 0.4) is 0 Å². The molecule has 0 heterocycles. The van der Waals surface area contributed by atoms with Crippen molar-refractivity contribution in [1.82, 2.24) is 0 Å². The van der Waals surface area contributed by atoms with Gasteiger partial charge in [0.15, 0.2) is 0 Å². The molecule has 0 saturated carbocycles. The number of anilines is 3. The molecule has 3 rings (SSSR count). The molecule has 3 aromatic rings. The van der Waals surface area contributed by atoms with Gasteiger partial charge >= 0.3 is 0 Å². The number of ether oxygens (including phenoxy) is 2. The molecular formula is C23H24FN3O7S2. The summed E-state index contributed by atoms with van der Waals surface area (Å²) in [5.41, 5.74) is 0.427. The molecule has 0 aliphatic heterocycles. The average molecular weight is 538 g/mol. The largest absolute Gasteiger partial charge is 0.497 e. The van der Waals surface area contributed by atoms with E-state index in [0.717, 1.165) is 22.7 Å². The number of nitrogens with zero attached hydrogens (tertiary/aromatic N) is 1. The van der Waals surface area contributed by atoms with Gasteiger partial charge < -0.3 is 14.8 Å². The van der Waals surface area contributed by atoms with Crippen molar-refractivity contribution in [3.63, 3.8) is 0 Å². The first-order valence-electron chi connectivity index (χ1n) is 10.3. The van der Waals surface area contributed by atoms with Crippen molar-refractivity contribution in [3.05, 3.63) is 72.5 Å². The molecule has 0 unspecified atom stereocenters. The Bertz CT molecular complexity index is 1460. The second-order valence-corrected chi connectivity index (χ2v) is 11.1. The van der Waals surface area contributed by atoms with Gasteiger partial charge in [-0.2, -0.15) is 0 Å². The second-order valence-electron chi connectivity index (χ2n) is 7.49. The van der Waals surface area contributed by atoms with E-state index in [-0.39, 0.29) is 27.7 Å². The van der Waals surface area contributed by atoms with Crippen molar-refractivity contribution in [3.8, 4) is 11.5 Å². The fourth-order valence-corrected chi connectivity index (χ4v) is 5.08. The van der Waals surface area contributed by atoms with Gasteiger partial charge in [0.1, 0.15) is 23.9 Å². The molecular weight excluding hydrogens is 513 g/mol. The van der Waals surface area contributed by atoms with Crippen LogP contribution in [0.5, 0.6) is 11.5 Å². The van der Waals surface area contributed by atoms with Gasteiger partial charge in [-0.3, -0.25) is 13.8 Å². The number of benzene rings is 3. The molecule has 13 heteroatoms. The molecule has 0 bridgehead atoms. The van der Waals surface area contributed by atoms with Crippen LogP contribution in [0, 0.1) is 5.82 Å². The van der Waals surface area contributed by atoms with Crippen LogP contribution in [0.2, 0.25) is 0 Å². The van der Waals surface area contributed by atoms with Gasteiger partial charge in [-0.05, 0) is 54.6 Å². The molecule has 1 amide bonds. The molecule has 0 aromatic heterocycles. The first-order valence-corrected chi connectivity index (χ1v) is 13.6. The Hall–Kier alpha value is -3.84. The highest BCUT2D eigenvalue weighted by Crippen LogP contribution is 2.31. The summed E-state index contributed by atoms with van der Waals surface area (Å²) >= 11 is 0. The third kappa shape index (κ3) is 6.64. The number of rotatable bonds is 10. The molecule has 0 spiro atoms. The Labute approximate surface area is 208 Å². The maximum absolute atomic E-state index is 13.6. The SMILES string of the molecule is COc1ccc(NS(=O)(=O)c2ccc(NC(=O)CN(c3cccc(F)c3)S(C)(=O)=O)cc2)c(OC)c1. The van der Waals surface area contributed by atoms with Crippen LogP contribution in [0.4, 0.5) is 21.5 Å². The number of hydrogen-bond donors (Lipinski definition) is 2. The van der Waals surface area contributed by atoms with E-state index in [1.807, 2.05) is 0 Å². The Morgan fingerprint density at radius 3 is 2.22 bits per heavy atom. The highest BCUT2D eigenvalue weighted by Gasteiger charge is 2.22. The predicted octanol–water partition coefficient (Wildman–Crippen LogP) is 3.05. The zero-order valence-corrected chi connectivity index (χ0v) is 21.2. The maximum Gasteiger partial charge on any atom is 0.262 e. The van der Waals surface area contributed by atoms with Crippen LogP contribution in [0.1, 0.15) is 0 Å². The van der Waals surface area contributed by atoms with Gasteiger partial charge in [0.25, 0.3) is 10.0 Å². The standard InChI is InChI=1S/C23H24FN3O7S2/c1-33-19-9-12-21(22(14-19)34-2)26-36(31,32)20-10-7-17(8-11-20)25-23(28)15-27(35(3,29)30)18-6-4-5-16(24)13-18/h4-14,26H,15H2,1-3H3,(H,25,28). The molecule has 0 saturated heterocycles. The molecule has 0 radical (unpaired) electrons. The number of nitrogens with one attached hydrogen (secondary N) is 2. The molecule has 0 aliphatic rings. The summed E-state index contributed by atoms with van der Waals surface area (Å²) in [6.07, 6.45) is 0.898. The zero-order valence-electron chi connectivity index (χ0n) is 19.6. The summed E-state index contributed by atoms with van der Waals surface area (Å²) < 4.78 is 77.0. The number of carbonyl (C=O) groups is 1. The predicted molar refractivity (Wildman–Crippen MR) is 134 cm³/mol. The molecule has 2 N–H and O–H groups in total. The minimum absolute atomic E-state index is 0.00544. The summed E-state index contributed by atoms with van der Waals surface area (Å²) in [5, 5.41) is 2.50. The van der Waals surface area contributed by atoms with Crippen LogP contribution in [-0.2, 0) is 24.8 Å². The Morgan fingerprint density at radius 2 is 1.64 bits per heavy atom. The summed E-state index contributed by atoms with van der Waals surface area (Å²) in [5.74, 6) is -0.613. The number of sulfonamides is 2. The van der Waals surface area contributed by atoms with Crippen LogP contribution >= 0.6 is 0 Å².